The predicted octanol–water partition coefficient (Wildman–Crippen LogP) is 4.27. The van der Waals surface area contributed by atoms with E-state index in [2.05, 4.69) is 27.4 Å². The summed E-state index contributed by atoms with van der Waals surface area (Å²) in [7, 11) is 0. The van der Waals surface area contributed by atoms with Crippen LogP contribution in [0, 0.1) is 23.2 Å². The van der Waals surface area contributed by atoms with Crippen molar-refractivity contribution in [3.63, 3.8) is 0 Å². The summed E-state index contributed by atoms with van der Waals surface area (Å²) in [4.78, 5) is 0. The molecule has 2 rings (SSSR count). The smallest absolute Gasteiger partial charge is 0.0114 e. The zero-order valence-corrected chi connectivity index (χ0v) is 9.85. The van der Waals surface area contributed by atoms with E-state index in [9.17, 15) is 0 Å². The molecule has 3 unspecified atom stereocenters. The van der Waals surface area contributed by atoms with Crippen LogP contribution in [0.3, 0.4) is 0 Å². The molecule has 0 nitrogen and oxygen atoms in total. The van der Waals surface area contributed by atoms with Crippen molar-refractivity contribution in [2.45, 2.75) is 47.5 Å². The maximum atomic E-state index is 4.22. The molecule has 3 atom stereocenters. The number of hydrogen-bond acceptors (Lipinski definition) is 0. The van der Waals surface area contributed by atoms with Crippen LogP contribution in [0.4, 0.5) is 0 Å². The highest BCUT2D eigenvalue weighted by atomic mass is 14.6. The van der Waals surface area contributed by atoms with E-state index in [0.29, 0.717) is 5.41 Å². The summed E-state index contributed by atoms with van der Waals surface area (Å²) in [5.41, 5.74) is 1.98. The van der Waals surface area contributed by atoms with Crippen LogP contribution in [-0.4, -0.2) is 0 Å². The molecular formula is C13H24. The Morgan fingerprint density at radius 1 is 1.23 bits per heavy atom. The van der Waals surface area contributed by atoms with Gasteiger partial charge in [0.15, 0.2) is 0 Å². The average Bonchev–Trinajstić information content (AvgIpc) is 2.57. The monoisotopic (exact) mass is 180 g/mol. The van der Waals surface area contributed by atoms with E-state index in [4.69, 9.17) is 0 Å². The maximum absolute atomic E-state index is 4.22. The third kappa shape index (κ3) is 1.45. The second-order valence-corrected chi connectivity index (χ2v) is 5.00. The van der Waals surface area contributed by atoms with Gasteiger partial charge in [0.25, 0.3) is 0 Å². The van der Waals surface area contributed by atoms with Crippen LogP contribution in [0.5, 0.6) is 0 Å². The van der Waals surface area contributed by atoms with Gasteiger partial charge in [0.2, 0.25) is 0 Å². The van der Waals surface area contributed by atoms with E-state index in [1.165, 1.54) is 18.4 Å². The molecule has 0 saturated heterocycles. The zero-order valence-electron chi connectivity index (χ0n) is 9.85. The first-order chi connectivity index (χ1) is 6.03. The van der Waals surface area contributed by atoms with Crippen molar-refractivity contribution in [3.8, 4) is 0 Å². The topological polar surface area (TPSA) is 0 Å². The van der Waals surface area contributed by atoms with Crippen LogP contribution in [0.25, 0.3) is 0 Å². The number of hydrogen-bond donors (Lipinski definition) is 0. The van der Waals surface area contributed by atoms with Crippen LogP contribution in [0.15, 0.2) is 12.2 Å². The van der Waals surface area contributed by atoms with E-state index in [-0.39, 0.29) is 0 Å². The third-order valence-electron chi connectivity index (χ3n) is 4.13. The van der Waals surface area contributed by atoms with Gasteiger partial charge >= 0.3 is 0 Å². The Morgan fingerprint density at radius 2 is 1.77 bits per heavy atom. The quantitative estimate of drug-likeness (QED) is 0.488. The van der Waals surface area contributed by atoms with Gasteiger partial charge in [0.05, 0.1) is 0 Å². The highest BCUT2D eigenvalue weighted by Crippen LogP contribution is 2.60. The second kappa shape index (κ2) is 3.48. The molecule has 0 spiro atoms. The SMILES string of the molecule is C=C1C2CC(C)C(C2)C1(C)C.CC. The summed E-state index contributed by atoms with van der Waals surface area (Å²) in [6.07, 6.45) is 2.83. The lowest BCUT2D eigenvalue weighted by Gasteiger charge is -2.36. The van der Waals surface area contributed by atoms with E-state index in [1.807, 2.05) is 13.8 Å². The molecule has 76 valence electrons. The molecule has 2 fully saturated rings. The van der Waals surface area contributed by atoms with Gasteiger partial charge in [0.1, 0.15) is 0 Å². The van der Waals surface area contributed by atoms with Crippen LogP contribution >= 0.6 is 0 Å². The first-order valence-electron chi connectivity index (χ1n) is 5.72. The van der Waals surface area contributed by atoms with Gasteiger partial charge in [0, 0.05) is 0 Å². The molecule has 0 heterocycles. The molecule has 0 aromatic heterocycles. The Labute approximate surface area is 83.4 Å². The standard InChI is InChI=1S/C11H18.C2H6/c1-7-5-9-6-10(7)11(3,4)8(9)2;1-2/h7,9-10H,2,5-6H2,1,3-4H3;1-2H3. The maximum Gasteiger partial charge on any atom is -0.0114 e. The van der Waals surface area contributed by atoms with Gasteiger partial charge in [-0.2, -0.15) is 0 Å². The van der Waals surface area contributed by atoms with Crippen molar-refractivity contribution in [3.05, 3.63) is 12.2 Å². The summed E-state index contributed by atoms with van der Waals surface area (Å²) in [6, 6.07) is 0. The Bertz CT molecular complexity index is 200. The van der Waals surface area contributed by atoms with Gasteiger partial charge in [-0.3, -0.25) is 0 Å². The zero-order chi connectivity index (χ0) is 10.2. The molecule has 2 saturated carbocycles. The van der Waals surface area contributed by atoms with E-state index < -0.39 is 0 Å². The molecule has 0 radical (unpaired) electrons. The highest BCUT2D eigenvalue weighted by Gasteiger charge is 2.51. The number of fused-ring (bicyclic) bond motifs is 2. The molecule has 2 aliphatic carbocycles. The molecule has 0 heteroatoms. The molecule has 0 aromatic carbocycles. The largest absolute Gasteiger partial charge is 0.0990 e. The lowest BCUT2D eigenvalue weighted by molar-refractivity contribution is 0.220. The van der Waals surface area contributed by atoms with Gasteiger partial charge in [-0.1, -0.05) is 46.8 Å². The van der Waals surface area contributed by atoms with E-state index >= 15 is 0 Å². The molecular weight excluding hydrogens is 156 g/mol. The van der Waals surface area contributed by atoms with Crippen LogP contribution < -0.4 is 0 Å². The van der Waals surface area contributed by atoms with Crippen molar-refractivity contribution < 1.29 is 0 Å². The van der Waals surface area contributed by atoms with Crippen molar-refractivity contribution in [2.75, 3.05) is 0 Å². The Hall–Kier alpha value is -0.260. The summed E-state index contributed by atoms with van der Waals surface area (Å²) in [6.45, 7) is 15.4. The molecule has 2 aliphatic rings. The Morgan fingerprint density at radius 3 is 2.08 bits per heavy atom. The molecule has 2 bridgehead atoms. The molecule has 0 aromatic rings. The molecule has 0 amide bonds. The summed E-state index contributed by atoms with van der Waals surface area (Å²) >= 11 is 0. The first kappa shape index (κ1) is 10.8. The number of rotatable bonds is 0. The average molecular weight is 180 g/mol. The van der Waals surface area contributed by atoms with Gasteiger partial charge in [-0.15, -0.1) is 0 Å². The molecule has 0 N–H and O–H groups in total. The van der Waals surface area contributed by atoms with Crippen LogP contribution in [-0.2, 0) is 0 Å². The fourth-order valence-electron chi connectivity index (χ4n) is 3.30. The highest BCUT2D eigenvalue weighted by molar-refractivity contribution is 5.23. The van der Waals surface area contributed by atoms with Crippen molar-refractivity contribution in [2.24, 2.45) is 23.2 Å². The minimum atomic E-state index is 0.447. The van der Waals surface area contributed by atoms with Crippen LogP contribution in [0.2, 0.25) is 0 Å². The Balaban J connectivity index is 0.000000396. The van der Waals surface area contributed by atoms with Gasteiger partial charge < -0.3 is 0 Å². The summed E-state index contributed by atoms with van der Waals surface area (Å²) in [5, 5.41) is 0. The normalized spacial score (nSPS) is 40.1. The first-order valence-corrected chi connectivity index (χ1v) is 5.72. The van der Waals surface area contributed by atoms with Crippen molar-refractivity contribution in [1.29, 1.82) is 0 Å². The van der Waals surface area contributed by atoms with Crippen LogP contribution in [0.1, 0.15) is 47.5 Å². The molecule has 0 aliphatic heterocycles. The minimum absolute atomic E-state index is 0.447. The molecule has 13 heavy (non-hydrogen) atoms. The summed E-state index contributed by atoms with van der Waals surface area (Å²) < 4.78 is 0. The summed E-state index contributed by atoms with van der Waals surface area (Å²) in [5.74, 6) is 2.74. The lowest BCUT2D eigenvalue weighted by atomic mass is 9.69. The predicted molar refractivity (Wildman–Crippen MR) is 59.6 cm³/mol. The van der Waals surface area contributed by atoms with Gasteiger partial charge in [-0.25, -0.2) is 0 Å². The fraction of sp³-hybridized carbons (Fsp3) is 0.846. The van der Waals surface area contributed by atoms with E-state index in [1.54, 1.807) is 0 Å². The lowest BCUT2D eigenvalue weighted by Crippen LogP contribution is -2.27. The van der Waals surface area contributed by atoms with Gasteiger partial charge in [-0.05, 0) is 36.0 Å². The fourth-order valence-corrected chi connectivity index (χ4v) is 3.30. The minimum Gasteiger partial charge on any atom is -0.0990 e. The van der Waals surface area contributed by atoms with E-state index in [0.717, 1.165) is 17.8 Å². The Kier molecular flexibility index (Phi) is 2.89. The second-order valence-electron chi connectivity index (χ2n) is 5.00. The number of allylic oxidation sites excluding steroid dienone is 1. The van der Waals surface area contributed by atoms with Crippen molar-refractivity contribution in [1.82, 2.24) is 0 Å². The van der Waals surface area contributed by atoms with Crippen molar-refractivity contribution >= 4 is 0 Å². The third-order valence-corrected chi connectivity index (χ3v) is 4.13.